The lowest BCUT2D eigenvalue weighted by Gasteiger charge is -2.41. The first kappa shape index (κ1) is 18.8. The van der Waals surface area contributed by atoms with Crippen molar-refractivity contribution in [3.8, 4) is 0 Å². The normalized spacial score (nSPS) is 21.8. The standard InChI is InChI=1S/C24H34N2/c1-5-9-22-20(8-4)24(25-19-13-10-17(6-2)11-14-19)21-16-18(7-3)12-15-23(21)26-22/h10-16,20,22,24-26H,5-9H2,1-4H3. The summed E-state index contributed by atoms with van der Waals surface area (Å²) in [5.41, 5.74) is 6.79. The van der Waals surface area contributed by atoms with Crippen LogP contribution in [0, 0.1) is 5.92 Å². The van der Waals surface area contributed by atoms with Crippen LogP contribution in [0.15, 0.2) is 42.5 Å². The Hall–Kier alpha value is -1.96. The highest BCUT2D eigenvalue weighted by Gasteiger charge is 2.35. The van der Waals surface area contributed by atoms with Crippen LogP contribution in [0.2, 0.25) is 0 Å². The van der Waals surface area contributed by atoms with Crippen molar-refractivity contribution in [1.29, 1.82) is 0 Å². The molecule has 0 aromatic heterocycles. The molecule has 3 atom stereocenters. The van der Waals surface area contributed by atoms with Crippen molar-refractivity contribution in [2.75, 3.05) is 10.6 Å². The van der Waals surface area contributed by atoms with Crippen molar-refractivity contribution in [3.05, 3.63) is 59.2 Å². The molecule has 140 valence electrons. The van der Waals surface area contributed by atoms with E-state index in [-0.39, 0.29) is 0 Å². The Morgan fingerprint density at radius 2 is 1.58 bits per heavy atom. The van der Waals surface area contributed by atoms with Gasteiger partial charge in [-0.3, -0.25) is 0 Å². The largest absolute Gasteiger partial charge is 0.382 e. The molecule has 0 amide bonds. The summed E-state index contributed by atoms with van der Waals surface area (Å²) in [6.45, 7) is 9.07. The van der Waals surface area contributed by atoms with Crippen LogP contribution >= 0.6 is 0 Å². The number of aryl methyl sites for hydroxylation is 2. The molecule has 2 heteroatoms. The monoisotopic (exact) mass is 350 g/mol. The molecule has 0 bridgehead atoms. The van der Waals surface area contributed by atoms with Gasteiger partial charge in [0.1, 0.15) is 0 Å². The van der Waals surface area contributed by atoms with Crippen LogP contribution in [0.5, 0.6) is 0 Å². The Labute approximate surface area is 159 Å². The van der Waals surface area contributed by atoms with Crippen LogP contribution in [0.1, 0.15) is 69.7 Å². The molecule has 0 radical (unpaired) electrons. The van der Waals surface area contributed by atoms with E-state index in [2.05, 4.69) is 80.8 Å². The molecule has 2 N–H and O–H groups in total. The molecule has 0 saturated heterocycles. The van der Waals surface area contributed by atoms with Gasteiger partial charge in [-0.2, -0.15) is 0 Å². The molecule has 2 aromatic carbocycles. The van der Waals surface area contributed by atoms with Crippen molar-refractivity contribution >= 4 is 11.4 Å². The average Bonchev–Trinajstić information content (AvgIpc) is 2.68. The zero-order valence-corrected chi connectivity index (χ0v) is 16.8. The lowest BCUT2D eigenvalue weighted by molar-refractivity contribution is 0.349. The van der Waals surface area contributed by atoms with Crippen LogP contribution < -0.4 is 10.6 Å². The smallest absolute Gasteiger partial charge is 0.0581 e. The molecule has 26 heavy (non-hydrogen) atoms. The second kappa shape index (κ2) is 8.62. The second-order valence-electron chi connectivity index (χ2n) is 7.56. The molecule has 3 rings (SSSR count). The summed E-state index contributed by atoms with van der Waals surface area (Å²) in [6.07, 6.45) is 5.79. The fourth-order valence-electron chi connectivity index (χ4n) is 4.31. The van der Waals surface area contributed by atoms with E-state index >= 15 is 0 Å². The highest BCUT2D eigenvalue weighted by Crippen LogP contribution is 2.42. The van der Waals surface area contributed by atoms with Gasteiger partial charge in [-0.25, -0.2) is 0 Å². The first-order chi connectivity index (χ1) is 12.7. The van der Waals surface area contributed by atoms with E-state index < -0.39 is 0 Å². The Morgan fingerprint density at radius 3 is 2.19 bits per heavy atom. The van der Waals surface area contributed by atoms with Gasteiger partial charge in [0.05, 0.1) is 6.04 Å². The average molecular weight is 351 g/mol. The van der Waals surface area contributed by atoms with E-state index in [0.717, 1.165) is 12.8 Å². The molecule has 0 spiro atoms. The van der Waals surface area contributed by atoms with Gasteiger partial charge >= 0.3 is 0 Å². The predicted molar refractivity (Wildman–Crippen MR) is 114 cm³/mol. The highest BCUT2D eigenvalue weighted by atomic mass is 15.0. The molecule has 2 aromatic rings. The lowest BCUT2D eigenvalue weighted by atomic mass is 9.78. The van der Waals surface area contributed by atoms with E-state index in [1.54, 1.807) is 0 Å². The van der Waals surface area contributed by atoms with Crippen molar-refractivity contribution in [3.63, 3.8) is 0 Å². The predicted octanol–water partition coefficient (Wildman–Crippen LogP) is 6.59. The van der Waals surface area contributed by atoms with Crippen molar-refractivity contribution in [1.82, 2.24) is 0 Å². The van der Waals surface area contributed by atoms with Crippen LogP contribution in [0.4, 0.5) is 11.4 Å². The maximum absolute atomic E-state index is 3.89. The molecule has 0 aliphatic carbocycles. The Bertz CT molecular complexity index is 705. The van der Waals surface area contributed by atoms with E-state index in [4.69, 9.17) is 0 Å². The molecule has 1 aliphatic rings. The highest BCUT2D eigenvalue weighted by molar-refractivity contribution is 5.60. The summed E-state index contributed by atoms with van der Waals surface area (Å²) in [7, 11) is 0. The van der Waals surface area contributed by atoms with E-state index in [0.29, 0.717) is 18.0 Å². The van der Waals surface area contributed by atoms with Gasteiger partial charge in [-0.15, -0.1) is 0 Å². The zero-order chi connectivity index (χ0) is 18.5. The maximum atomic E-state index is 3.89. The third kappa shape index (κ3) is 3.90. The first-order valence-electron chi connectivity index (χ1n) is 10.4. The third-order valence-electron chi connectivity index (χ3n) is 5.90. The Balaban J connectivity index is 1.97. The third-order valence-corrected chi connectivity index (χ3v) is 5.90. The molecule has 2 nitrogen and oxygen atoms in total. The van der Waals surface area contributed by atoms with Gasteiger partial charge in [0.2, 0.25) is 0 Å². The Kier molecular flexibility index (Phi) is 6.24. The summed E-state index contributed by atoms with van der Waals surface area (Å²) in [5, 5.41) is 7.73. The van der Waals surface area contributed by atoms with Gasteiger partial charge in [-0.1, -0.05) is 58.4 Å². The minimum atomic E-state index is 0.367. The van der Waals surface area contributed by atoms with Gasteiger partial charge in [0.25, 0.3) is 0 Å². The van der Waals surface area contributed by atoms with Gasteiger partial charge in [0.15, 0.2) is 0 Å². The molecular formula is C24H34N2. The van der Waals surface area contributed by atoms with E-state index in [1.165, 1.54) is 47.3 Å². The summed E-state index contributed by atoms with van der Waals surface area (Å²) >= 11 is 0. The number of hydrogen-bond acceptors (Lipinski definition) is 2. The van der Waals surface area contributed by atoms with E-state index in [9.17, 15) is 0 Å². The summed E-state index contributed by atoms with van der Waals surface area (Å²) in [6, 6.07) is 16.9. The fourth-order valence-corrected chi connectivity index (χ4v) is 4.31. The lowest BCUT2D eigenvalue weighted by Crippen LogP contribution is -2.40. The van der Waals surface area contributed by atoms with Crippen LogP contribution in [-0.4, -0.2) is 6.04 Å². The second-order valence-corrected chi connectivity index (χ2v) is 7.56. The minimum absolute atomic E-state index is 0.367. The topological polar surface area (TPSA) is 24.1 Å². The molecule has 1 heterocycles. The number of fused-ring (bicyclic) bond motifs is 1. The summed E-state index contributed by atoms with van der Waals surface area (Å²) < 4.78 is 0. The van der Waals surface area contributed by atoms with Crippen molar-refractivity contribution < 1.29 is 0 Å². The number of benzene rings is 2. The molecule has 3 unspecified atom stereocenters. The fraction of sp³-hybridized carbons (Fsp3) is 0.500. The van der Waals surface area contributed by atoms with Gasteiger partial charge in [-0.05, 0) is 60.6 Å². The van der Waals surface area contributed by atoms with E-state index in [1.807, 2.05) is 0 Å². The number of rotatable bonds is 7. The van der Waals surface area contributed by atoms with Gasteiger partial charge < -0.3 is 10.6 Å². The van der Waals surface area contributed by atoms with Crippen LogP contribution in [-0.2, 0) is 12.8 Å². The first-order valence-corrected chi connectivity index (χ1v) is 10.4. The van der Waals surface area contributed by atoms with Crippen molar-refractivity contribution in [2.45, 2.75) is 71.9 Å². The molecular weight excluding hydrogens is 316 g/mol. The van der Waals surface area contributed by atoms with Crippen molar-refractivity contribution in [2.24, 2.45) is 5.92 Å². The van der Waals surface area contributed by atoms with Gasteiger partial charge in [0, 0.05) is 23.3 Å². The molecule has 0 saturated carbocycles. The zero-order valence-electron chi connectivity index (χ0n) is 16.8. The van der Waals surface area contributed by atoms with Crippen LogP contribution in [0.3, 0.4) is 0 Å². The maximum Gasteiger partial charge on any atom is 0.0581 e. The summed E-state index contributed by atoms with van der Waals surface area (Å²) in [4.78, 5) is 0. The number of anilines is 2. The minimum Gasteiger partial charge on any atom is -0.382 e. The molecule has 0 fully saturated rings. The number of hydrogen-bond donors (Lipinski definition) is 2. The Morgan fingerprint density at radius 1 is 0.885 bits per heavy atom. The SMILES string of the molecule is CCCC1Nc2ccc(CC)cc2C(Nc2ccc(CC)cc2)C1CC. The summed E-state index contributed by atoms with van der Waals surface area (Å²) in [5.74, 6) is 0.598. The number of nitrogens with one attached hydrogen (secondary N) is 2. The van der Waals surface area contributed by atoms with Crippen LogP contribution in [0.25, 0.3) is 0 Å². The quantitative estimate of drug-likeness (QED) is 0.589. The molecule has 1 aliphatic heterocycles.